The Labute approximate surface area is 192 Å². The van der Waals surface area contributed by atoms with Gasteiger partial charge < -0.3 is 25.6 Å². The number of benzene rings is 2. The molecule has 2 heterocycles. The van der Waals surface area contributed by atoms with E-state index in [0.717, 1.165) is 55.5 Å². The van der Waals surface area contributed by atoms with Gasteiger partial charge in [0.05, 0.1) is 12.7 Å². The Kier molecular flexibility index (Phi) is 6.91. The minimum atomic E-state index is -0.841. The highest BCUT2D eigenvalue weighted by atomic mass is 16.5. The van der Waals surface area contributed by atoms with Crippen LogP contribution in [0.25, 0.3) is 0 Å². The van der Waals surface area contributed by atoms with Crippen LogP contribution >= 0.6 is 0 Å². The van der Waals surface area contributed by atoms with Crippen molar-refractivity contribution < 1.29 is 14.9 Å². The van der Waals surface area contributed by atoms with E-state index in [1.54, 1.807) is 7.11 Å². The van der Waals surface area contributed by atoms with Crippen LogP contribution in [0.5, 0.6) is 5.75 Å². The maximum absolute atomic E-state index is 11.2. The molecule has 2 aromatic rings. The van der Waals surface area contributed by atoms with Gasteiger partial charge in [-0.2, -0.15) is 0 Å². The summed E-state index contributed by atoms with van der Waals surface area (Å²) in [6, 6.07) is 16.9. The molecule has 4 rings (SSSR count). The van der Waals surface area contributed by atoms with E-state index < -0.39 is 11.2 Å². The molecule has 2 fully saturated rings. The van der Waals surface area contributed by atoms with Crippen molar-refractivity contribution in [2.24, 2.45) is 0 Å². The molecule has 0 aromatic heterocycles. The second-order valence-corrected chi connectivity index (χ2v) is 10.1. The first-order chi connectivity index (χ1) is 15.3. The van der Waals surface area contributed by atoms with Gasteiger partial charge in [-0.15, -0.1) is 0 Å². The first-order valence-corrected chi connectivity index (χ1v) is 11.9. The molecule has 2 aliphatic heterocycles. The summed E-state index contributed by atoms with van der Waals surface area (Å²) in [7, 11) is 1.66. The summed E-state index contributed by atoms with van der Waals surface area (Å²) in [6.45, 7) is 4.83. The molecule has 0 spiro atoms. The Morgan fingerprint density at radius 1 is 0.906 bits per heavy atom. The van der Waals surface area contributed by atoms with Crippen molar-refractivity contribution in [1.82, 2.24) is 10.6 Å². The maximum atomic E-state index is 11.2. The van der Waals surface area contributed by atoms with Gasteiger partial charge in [-0.1, -0.05) is 36.4 Å². The Hall–Kier alpha value is -1.92. The van der Waals surface area contributed by atoms with Gasteiger partial charge in [-0.3, -0.25) is 0 Å². The van der Waals surface area contributed by atoms with E-state index >= 15 is 0 Å². The molecule has 0 amide bonds. The molecule has 2 unspecified atom stereocenters. The fraction of sp³-hybridized carbons (Fsp3) is 0.556. The van der Waals surface area contributed by atoms with Gasteiger partial charge in [0.25, 0.3) is 0 Å². The molecule has 32 heavy (non-hydrogen) atoms. The van der Waals surface area contributed by atoms with Crippen molar-refractivity contribution in [3.63, 3.8) is 0 Å². The first kappa shape index (κ1) is 23.2. The van der Waals surface area contributed by atoms with Crippen molar-refractivity contribution in [2.75, 3.05) is 13.7 Å². The highest BCUT2D eigenvalue weighted by Gasteiger charge is 2.38. The van der Waals surface area contributed by atoms with Crippen LogP contribution < -0.4 is 15.4 Å². The van der Waals surface area contributed by atoms with E-state index in [1.165, 1.54) is 5.56 Å². The molecule has 5 nitrogen and oxygen atoms in total. The Balaban J connectivity index is 1.33. The number of hydrogen-bond donors (Lipinski definition) is 4. The lowest BCUT2D eigenvalue weighted by Gasteiger charge is -2.31. The second kappa shape index (κ2) is 9.52. The third-order valence-electron chi connectivity index (χ3n) is 7.47. The Morgan fingerprint density at radius 3 is 2.22 bits per heavy atom. The molecule has 174 valence electrons. The van der Waals surface area contributed by atoms with Gasteiger partial charge in [0, 0.05) is 24.5 Å². The van der Waals surface area contributed by atoms with Crippen molar-refractivity contribution in [2.45, 2.75) is 81.7 Å². The Morgan fingerprint density at radius 2 is 1.59 bits per heavy atom. The monoisotopic (exact) mass is 438 g/mol. The van der Waals surface area contributed by atoms with Crippen LogP contribution in [0.15, 0.2) is 48.5 Å². The minimum Gasteiger partial charge on any atom is -0.497 e. The van der Waals surface area contributed by atoms with Crippen molar-refractivity contribution in [3.8, 4) is 5.75 Å². The third kappa shape index (κ3) is 5.18. The summed E-state index contributed by atoms with van der Waals surface area (Å²) in [6.07, 6.45) is 5.69. The number of aliphatic hydroxyl groups is 2. The smallest absolute Gasteiger partial charge is 0.118 e. The molecule has 2 saturated heterocycles. The van der Waals surface area contributed by atoms with Crippen LogP contribution in [0.3, 0.4) is 0 Å². The largest absolute Gasteiger partial charge is 0.497 e. The predicted octanol–water partition coefficient (Wildman–Crippen LogP) is 3.31. The average molecular weight is 439 g/mol. The summed E-state index contributed by atoms with van der Waals surface area (Å²) in [4.78, 5) is 0. The first-order valence-electron chi connectivity index (χ1n) is 11.9. The fourth-order valence-corrected chi connectivity index (χ4v) is 5.38. The fourth-order valence-electron chi connectivity index (χ4n) is 5.38. The topological polar surface area (TPSA) is 73.8 Å². The van der Waals surface area contributed by atoms with Gasteiger partial charge in [-0.05, 0) is 81.3 Å². The van der Waals surface area contributed by atoms with Gasteiger partial charge in [0.1, 0.15) is 11.4 Å². The number of methoxy groups -OCH3 is 1. The normalized spacial score (nSPS) is 27.1. The zero-order valence-electron chi connectivity index (χ0n) is 19.6. The zero-order chi connectivity index (χ0) is 22.8. The van der Waals surface area contributed by atoms with Crippen LogP contribution in [-0.4, -0.2) is 47.6 Å². The molecule has 0 saturated carbocycles. The predicted molar refractivity (Wildman–Crippen MR) is 128 cm³/mol. The summed E-state index contributed by atoms with van der Waals surface area (Å²) in [5, 5.41) is 29.3. The third-order valence-corrected chi connectivity index (χ3v) is 7.47. The second-order valence-electron chi connectivity index (χ2n) is 10.1. The van der Waals surface area contributed by atoms with Gasteiger partial charge in [0.15, 0.2) is 0 Å². The van der Waals surface area contributed by atoms with Gasteiger partial charge in [-0.25, -0.2) is 0 Å². The minimum absolute atomic E-state index is 0.0723. The standard InChI is InChI=1S/C27H38N2O3/c1-26(30,18-20-8-13-23(32-3)14-9-20)24-15-12-22(29-24)17-19-6-10-21(11-7-19)27(2,31)25-5-4-16-28-25/h6-11,13-14,22,24-25,28-31H,4-5,12,15-18H2,1-3H3/t22?,24-,25-,26?,27+/m0/s1. The summed E-state index contributed by atoms with van der Waals surface area (Å²) >= 11 is 0. The van der Waals surface area contributed by atoms with Crippen LogP contribution in [0.1, 0.15) is 56.2 Å². The molecular weight excluding hydrogens is 400 g/mol. The van der Waals surface area contributed by atoms with E-state index in [-0.39, 0.29) is 12.1 Å². The number of rotatable bonds is 8. The van der Waals surface area contributed by atoms with E-state index in [1.807, 2.05) is 38.1 Å². The zero-order valence-corrected chi connectivity index (χ0v) is 19.6. The van der Waals surface area contributed by atoms with Gasteiger partial charge >= 0.3 is 0 Å². The molecule has 5 atom stereocenters. The van der Waals surface area contributed by atoms with E-state index in [0.29, 0.717) is 12.5 Å². The average Bonchev–Trinajstić information content (AvgIpc) is 3.48. The quantitative estimate of drug-likeness (QED) is 0.509. The molecule has 2 aromatic carbocycles. The molecule has 2 aliphatic rings. The van der Waals surface area contributed by atoms with Crippen molar-refractivity contribution in [3.05, 3.63) is 65.2 Å². The molecular formula is C27H38N2O3. The van der Waals surface area contributed by atoms with E-state index in [2.05, 4.69) is 34.9 Å². The van der Waals surface area contributed by atoms with Crippen LogP contribution in [0, 0.1) is 0 Å². The lowest BCUT2D eigenvalue weighted by atomic mass is 9.86. The van der Waals surface area contributed by atoms with Crippen LogP contribution in [0.2, 0.25) is 0 Å². The number of hydrogen-bond acceptors (Lipinski definition) is 5. The lowest BCUT2D eigenvalue weighted by Crippen LogP contribution is -2.49. The molecule has 0 bridgehead atoms. The SMILES string of the molecule is COc1ccc(CC(C)(O)[C@@H]2CCC(Cc3ccc([C@@](C)(O)[C@@H]4CCCN4)cc3)N2)cc1. The van der Waals surface area contributed by atoms with Gasteiger partial charge in [0.2, 0.25) is 0 Å². The molecule has 5 heteroatoms. The van der Waals surface area contributed by atoms with Crippen molar-refractivity contribution in [1.29, 1.82) is 0 Å². The summed E-state index contributed by atoms with van der Waals surface area (Å²) < 4.78 is 5.23. The summed E-state index contributed by atoms with van der Waals surface area (Å²) in [5.74, 6) is 0.833. The number of ether oxygens (including phenoxy) is 1. The van der Waals surface area contributed by atoms with E-state index in [9.17, 15) is 10.2 Å². The highest BCUT2D eigenvalue weighted by molar-refractivity contribution is 5.30. The Bertz CT molecular complexity index is 871. The van der Waals surface area contributed by atoms with Crippen LogP contribution in [0.4, 0.5) is 0 Å². The van der Waals surface area contributed by atoms with Crippen molar-refractivity contribution >= 4 is 0 Å². The highest BCUT2D eigenvalue weighted by Crippen LogP contribution is 2.31. The number of nitrogens with one attached hydrogen (secondary N) is 2. The lowest BCUT2D eigenvalue weighted by molar-refractivity contribution is 0.0217. The maximum Gasteiger partial charge on any atom is 0.118 e. The molecule has 0 aliphatic carbocycles. The molecule has 4 N–H and O–H groups in total. The molecule has 0 radical (unpaired) electrons. The van der Waals surface area contributed by atoms with Crippen LogP contribution in [-0.2, 0) is 18.4 Å². The summed E-state index contributed by atoms with van der Waals surface area (Å²) in [5.41, 5.74) is 1.70. The van der Waals surface area contributed by atoms with E-state index in [4.69, 9.17) is 4.74 Å².